The highest BCUT2D eigenvalue weighted by molar-refractivity contribution is 7.99. The highest BCUT2D eigenvalue weighted by atomic mass is 35.5. The Balaban J connectivity index is 0.00000280. The summed E-state index contributed by atoms with van der Waals surface area (Å²) >= 11 is 1.47. The summed E-state index contributed by atoms with van der Waals surface area (Å²) in [5, 5.41) is 14.3. The van der Waals surface area contributed by atoms with E-state index in [0.29, 0.717) is 23.3 Å². The summed E-state index contributed by atoms with van der Waals surface area (Å²) in [6.07, 6.45) is 5.54. The third-order valence-corrected chi connectivity index (χ3v) is 6.65. The van der Waals surface area contributed by atoms with E-state index in [2.05, 4.69) is 5.32 Å². The minimum Gasteiger partial charge on any atom is -0.490 e. The van der Waals surface area contributed by atoms with Crippen LogP contribution in [0.15, 0.2) is 18.2 Å². The van der Waals surface area contributed by atoms with Gasteiger partial charge in [-0.2, -0.15) is 0 Å². The smallest absolute Gasteiger partial charge is 0.311 e. The number of benzene rings is 1. The molecule has 1 aromatic carbocycles. The van der Waals surface area contributed by atoms with Crippen LogP contribution >= 0.6 is 24.2 Å². The van der Waals surface area contributed by atoms with Gasteiger partial charge in [0, 0.05) is 23.9 Å². The second-order valence-corrected chi connectivity index (χ2v) is 8.52. The molecule has 0 saturated heterocycles. The summed E-state index contributed by atoms with van der Waals surface area (Å²) in [5.41, 5.74) is 6.90. The number of nitro benzene ring substituents is 1. The molecule has 2 saturated carbocycles. The molecule has 2 unspecified atom stereocenters. The number of rotatable bonds is 7. The van der Waals surface area contributed by atoms with Crippen LogP contribution in [0.25, 0.3) is 0 Å². The normalized spacial score (nSPS) is 26.1. The number of nitrogens with two attached hydrogens (primary N) is 1. The molecule has 0 radical (unpaired) electrons. The Bertz CT molecular complexity index is 692. The van der Waals surface area contributed by atoms with Crippen molar-refractivity contribution in [1.29, 1.82) is 0 Å². The van der Waals surface area contributed by atoms with Crippen LogP contribution in [-0.2, 0) is 10.5 Å². The largest absolute Gasteiger partial charge is 0.490 e. The Morgan fingerprint density at radius 1 is 1.36 bits per heavy atom. The molecule has 0 aliphatic heterocycles. The fraction of sp³-hybridized carbons (Fsp3) is 0.632. The van der Waals surface area contributed by atoms with Crippen molar-refractivity contribution in [3.63, 3.8) is 0 Å². The number of hydrogen-bond donors (Lipinski definition) is 2. The molecule has 1 aromatic rings. The van der Waals surface area contributed by atoms with Crippen molar-refractivity contribution in [2.45, 2.75) is 49.9 Å². The number of nitro groups is 1. The van der Waals surface area contributed by atoms with Gasteiger partial charge in [0.25, 0.3) is 0 Å². The Labute approximate surface area is 175 Å². The van der Waals surface area contributed by atoms with Crippen molar-refractivity contribution in [2.24, 2.45) is 17.6 Å². The minimum atomic E-state index is -0.452. The molecule has 0 spiro atoms. The van der Waals surface area contributed by atoms with Gasteiger partial charge in [-0.3, -0.25) is 14.9 Å². The van der Waals surface area contributed by atoms with Gasteiger partial charge in [0.1, 0.15) is 0 Å². The van der Waals surface area contributed by atoms with E-state index in [1.165, 1.54) is 31.4 Å². The van der Waals surface area contributed by atoms with E-state index in [4.69, 9.17) is 10.5 Å². The Hall–Kier alpha value is -1.51. The maximum absolute atomic E-state index is 12.4. The highest BCUT2D eigenvalue weighted by Gasteiger charge is 2.39. The number of carbonyl (C=O) groups excluding carboxylic acids is 1. The molecular weight excluding hydrogens is 402 g/mol. The third-order valence-electron chi connectivity index (χ3n) is 5.65. The first-order valence-corrected chi connectivity index (χ1v) is 10.6. The monoisotopic (exact) mass is 429 g/mol. The van der Waals surface area contributed by atoms with Crippen LogP contribution in [0.1, 0.15) is 37.7 Å². The van der Waals surface area contributed by atoms with Crippen molar-refractivity contribution in [3.8, 4) is 5.75 Å². The fourth-order valence-corrected chi connectivity index (χ4v) is 5.27. The predicted octanol–water partition coefficient (Wildman–Crippen LogP) is 3.28. The summed E-state index contributed by atoms with van der Waals surface area (Å²) < 4.78 is 5.01. The van der Waals surface area contributed by atoms with Crippen LogP contribution in [0.3, 0.4) is 0 Å². The zero-order valence-corrected chi connectivity index (χ0v) is 17.6. The minimum absolute atomic E-state index is 0. The quantitative estimate of drug-likeness (QED) is 0.508. The van der Waals surface area contributed by atoms with Crippen molar-refractivity contribution in [3.05, 3.63) is 33.9 Å². The number of methoxy groups -OCH3 is 1. The van der Waals surface area contributed by atoms with Crippen molar-refractivity contribution in [2.75, 3.05) is 12.9 Å². The Morgan fingerprint density at radius 2 is 2.04 bits per heavy atom. The summed E-state index contributed by atoms with van der Waals surface area (Å²) in [5.74, 6) is 2.19. The molecule has 156 valence electrons. The number of hydrogen-bond acceptors (Lipinski definition) is 6. The van der Waals surface area contributed by atoms with Gasteiger partial charge in [-0.1, -0.05) is 12.5 Å². The molecule has 0 heterocycles. The zero-order chi connectivity index (χ0) is 19.4. The highest BCUT2D eigenvalue weighted by Crippen LogP contribution is 2.39. The van der Waals surface area contributed by atoms with Gasteiger partial charge in [-0.15, -0.1) is 24.2 Å². The molecule has 2 aliphatic rings. The second-order valence-electron chi connectivity index (χ2n) is 7.53. The molecular formula is C19H28ClN3O4S. The zero-order valence-electron chi connectivity index (χ0n) is 16.0. The first-order valence-electron chi connectivity index (χ1n) is 9.42. The molecule has 3 N–H and O–H groups in total. The third kappa shape index (κ3) is 5.52. The lowest BCUT2D eigenvalue weighted by atomic mass is 9.67. The maximum Gasteiger partial charge on any atom is 0.311 e. The fourth-order valence-electron chi connectivity index (χ4n) is 4.48. The molecule has 9 heteroatoms. The number of ether oxygens (including phenoxy) is 1. The average molecular weight is 430 g/mol. The van der Waals surface area contributed by atoms with Gasteiger partial charge in [0.15, 0.2) is 5.75 Å². The summed E-state index contributed by atoms with van der Waals surface area (Å²) in [6.45, 7) is 0. The number of amides is 1. The number of nitrogens with zero attached hydrogens (tertiary/aromatic N) is 1. The second kappa shape index (κ2) is 10.3. The Morgan fingerprint density at radius 3 is 2.64 bits per heavy atom. The molecule has 2 aliphatic carbocycles. The SMILES string of the molecule is COc1ccc(CSCC(=O)NC2C3CCCC2CC(N)C3)cc1[N+](=O)[O-].Cl. The number of halogens is 1. The van der Waals surface area contributed by atoms with Crippen molar-refractivity contribution >= 4 is 35.8 Å². The maximum atomic E-state index is 12.4. The molecule has 2 bridgehead atoms. The van der Waals surface area contributed by atoms with Crippen molar-refractivity contribution in [1.82, 2.24) is 5.32 Å². The lowest BCUT2D eigenvalue weighted by molar-refractivity contribution is -0.385. The van der Waals surface area contributed by atoms with E-state index in [9.17, 15) is 14.9 Å². The van der Waals surface area contributed by atoms with E-state index >= 15 is 0 Å². The number of fused-ring (bicyclic) bond motifs is 2. The van der Waals surface area contributed by atoms with Crippen LogP contribution in [0.2, 0.25) is 0 Å². The van der Waals surface area contributed by atoms with Crippen LogP contribution < -0.4 is 15.8 Å². The van der Waals surface area contributed by atoms with Crippen LogP contribution in [0, 0.1) is 22.0 Å². The molecule has 28 heavy (non-hydrogen) atoms. The van der Waals surface area contributed by atoms with Gasteiger partial charge < -0.3 is 15.8 Å². The number of thioether (sulfide) groups is 1. The van der Waals surface area contributed by atoms with E-state index in [1.54, 1.807) is 12.1 Å². The lowest BCUT2D eigenvalue weighted by Crippen LogP contribution is -2.54. The molecule has 7 nitrogen and oxygen atoms in total. The van der Waals surface area contributed by atoms with Gasteiger partial charge in [-0.05, 0) is 49.1 Å². The van der Waals surface area contributed by atoms with E-state index in [-0.39, 0.29) is 41.8 Å². The van der Waals surface area contributed by atoms with Crippen LogP contribution in [-0.4, -0.2) is 35.8 Å². The standard InChI is InChI=1S/C19H27N3O4S.ClH/c1-26-17-6-5-12(7-16(17)22(24)25)10-27-11-18(23)21-19-13-3-2-4-14(19)9-15(20)8-13;/h5-7,13-15,19H,2-4,8-11,20H2,1H3,(H,21,23);1H. The van der Waals surface area contributed by atoms with Crippen molar-refractivity contribution < 1.29 is 14.5 Å². The topological polar surface area (TPSA) is 107 Å². The average Bonchev–Trinajstić information content (AvgIpc) is 2.62. The molecule has 3 rings (SSSR count). The molecule has 1 amide bonds. The molecule has 2 fully saturated rings. The molecule has 0 aromatic heterocycles. The lowest BCUT2D eigenvalue weighted by Gasteiger charge is -2.45. The Kier molecular flexibility index (Phi) is 8.39. The van der Waals surface area contributed by atoms with Gasteiger partial charge in [-0.25, -0.2) is 0 Å². The first kappa shape index (κ1) is 22.8. The van der Waals surface area contributed by atoms with E-state index in [1.807, 2.05) is 0 Å². The van der Waals surface area contributed by atoms with Gasteiger partial charge >= 0.3 is 5.69 Å². The van der Waals surface area contributed by atoms with Crippen LogP contribution in [0.5, 0.6) is 5.75 Å². The van der Waals surface area contributed by atoms with Gasteiger partial charge in [0.05, 0.1) is 17.8 Å². The summed E-state index contributed by atoms with van der Waals surface area (Å²) in [4.78, 5) is 23.0. The predicted molar refractivity (Wildman–Crippen MR) is 113 cm³/mol. The first-order chi connectivity index (χ1) is 13.0. The molecule has 2 atom stereocenters. The number of carbonyl (C=O) groups is 1. The summed E-state index contributed by atoms with van der Waals surface area (Å²) in [7, 11) is 1.41. The van der Waals surface area contributed by atoms with Crippen LogP contribution in [0.4, 0.5) is 5.69 Å². The summed E-state index contributed by atoms with van der Waals surface area (Å²) in [6, 6.07) is 5.43. The van der Waals surface area contributed by atoms with E-state index < -0.39 is 4.92 Å². The number of nitrogens with one attached hydrogen (secondary N) is 1. The van der Waals surface area contributed by atoms with Gasteiger partial charge in [0.2, 0.25) is 5.91 Å². The van der Waals surface area contributed by atoms with E-state index in [0.717, 1.165) is 31.2 Å².